The molecule has 2 heterocycles. The zero-order valence-corrected chi connectivity index (χ0v) is 14.0. The quantitative estimate of drug-likeness (QED) is 0.803. The molecule has 2 N–H and O–H groups in total. The number of nitrogens with zero attached hydrogens (tertiary/aromatic N) is 1. The van der Waals surface area contributed by atoms with Crippen LogP contribution in [0, 0.1) is 5.92 Å². The van der Waals surface area contributed by atoms with Crippen LogP contribution in [0.5, 0.6) is 0 Å². The minimum Gasteiger partial charge on any atom is -0.351 e. The fourth-order valence-corrected chi connectivity index (χ4v) is 3.31. The number of thiophene rings is 1. The number of carbonyl (C=O) groups excluding carboxylic acids is 2. The van der Waals surface area contributed by atoms with Crippen molar-refractivity contribution < 1.29 is 9.59 Å². The maximum atomic E-state index is 12.1. The Morgan fingerprint density at radius 3 is 2.77 bits per heavy atom. The van der Waals surface area contributed by atoms with Crippen molar-refractivity contribution in [1.82, 2.24) is 15.5 Å². The van der Waals surface area contributed by atoms with Gasteiger partial charge in [-0.05, 0) is 43.3 Å². The predicted octanol–water partition coefficient (Wildman–Crippen LogP) is 1.72. The minimum atomic E-state index is -0.0906. The highest BCUT2D eigenvalue weighted by Gasteiger charge is 2.22. The maximum absolute atomic E-state index is 12.1. The number of likely N-dealkylation sites (tertiary alicyclic amines) is 1. The van der Waals surface area contributed by atoms with Crippen LogP contribution in [0.25, 0.3) is 0 Å². The van der Waals surface area contributed by atoms with Crippen molar-refractivity contribution in [2.45, 2.75) is 26.2 Å². The molecule has 1 saturated heterocycles. The van der Waals surface area contributed by atoms with Gasteiger partial charge in [0.15, 0.2) is 0 Å². The highest BCUT2D eigenvalue weighted by molar-refractivity contribution is 7.12. The standard InChI is InChI=1S/C16H25N3O2S/c1-2-17-12-13-6-9-19(10-7-13)15(20)5-8-18-16(21)14-4-3-11-22-14/h3-4,11,13,17H,2,5-10,12H2,1H3,(H,18,21). The lowest BCUT2D eigenvalue weighted by atomic mass is 9.96. The van der Waals surface area contributed by atoms with Crippen LogP contribution >= 0.6 is 11.3 Å². The third kappa shape index (κ3) is 5.10. The molecule has 0 aromatic carbocycles. The summed E-state index contributed by atoms with van der Waals surface area (Å²) in [6, 6.07) is 3.64. The van der Waals surface area contributed by atoms with Crippen LogP contribution in [-0.2, 0) is 4.79 Å². The van der Waals surface area contributed by atoms with Gasteiger partial charge in [0, 0.05) is 26.1 Å². The minimum absolute atomic E-state index is 0.0906. The Balaban J connectivity index is 1.63. The van der Waals surface area contributed by atoms with Gasteiger partial charge in [0.1, 0.15) is 0 Å². The average Bonchev–Trinajstić information content (AvgIpc) is 3.07. The predicted molar refractivity (Wildman–Crippen MR) is 89.1 cm³/mol. The van der Waals surface area contributed by atoms with Crippen LogP contribution in [-0.4, -0.2) is 49.4 Å². The van der Waals surface area contributed by atoms with Crippen molar-refractivity contribution in [2.75, 3.05) is 32.7 Å². The molecule has 1 aliphatic heterocycles. The summed E-state index contributed by atoms with van der Waals surface area (Å²) in [5.41, 5.74) is 0. The SMILES string of the molecule is CCNCC1CCN(C(=O)CCNC(=O)c2cccs2)CC1. The molecule has 0 atom stereocenters. The van der Waals surface area contributed by atoms with Gasteiger partial charge >= 0.3 is 0 Å². The summed E-state index contributed by atoms with van der Waals surface area (Å²) in [5.74, 6) is 0.739. The summed E-state index contributed by atoms with van der Waals surface area (Å²) < 4.78 is 0. The monoisotopic (exact) mass is 323 g/mol. The normalized spacial score (nSPS) is 15.8. The molecule has 22 heavy (non-hydrogen) atoms. The van der Waals surface area contributed by atoms with Gasteiger partial charge in [-0.15, -0.1) is 11.3 Å². The third-order valence-corrected chi connectivity index (χ3v) is 4.89. The number of hydrogen-bond donors (Lipinski definition) is 2. The van der Waals surface area contributed by atoms with E-state index in [1.165, 1.54) is 11.3 Å². The Bertz CT molecular complexity index is 468. The van der Waals surface area contributed by atoms with E-state index in [2.05, 4.69) is 17.6 Å². The molecule has 0 bridgehead atoms. The molecule has 2 amide bonds. The maximum Gasteiger partial charge on any atom is 0.261 e. The van der Waals surface area contributed by atoms with Crippen LogP contribution in [0.4, 0.5) is 0 Å². The van der Waals surface area contributed by atoms with E-state index in [0.717, 1.165) is 39.0 Å². The number of nitrogens with one attached hydrogen (secondary N) is 2. The van der Waals surface area contributed by atoms with E-state index in [4.69, 9.17) is 0 Å². The van der Waals surface area contributed by atoms with Gasteiger partial charge < -0.3 is 15.5 Å². The van der Waals surface area contributed by atoms with Gasteiger partial charge in [-0.2, -0.15) is 0 Å². The van der Waals surface area contributed by atoms with Gasteiger partial charge in [-0.3, -0.25) is 9.59 Å². The van der Waals surface area contributed by atoms with E-state index in [0.29, 0.717) is 23.8 Å². The summed E-state index contributed by atoms with van der Waals surface area (Å²) in [5, 5.41) is 8.05. The lowest BCUT2D eigenvalue weighted by Gasteiger charge is -2.32. The molecule has 1 fully saturated rings. The number of piperidine rings is 1. The van der Waals surface area contributed by atoms with E-state index >= 15 is 0 Å². The fraction of sp³-hybridized carbons (Fsp3) is 0.625. The van der Waals surface area contributed by atoms with E-state index in [1.54, 1.807) is 6.07 Å². The first-order valence-corrected chi connectivity index (χ1v) is 8.89. The fourth-order valence-electron chi connectivity index (χ4n) is 2.67. The number of rotatable bonds is 7. The lowest BCUT2D eigenvalue weighted by molar-refractivity contribution is -0.132. The van der Waals surface area contributed by atoms with Gasteiger partial charge in [0.2, 0.25) is 5.91 Å². The second-order valence-corrected chi connectivity index (χ2v) is 6.56. The lowest BCUT2D eigenvalue weighted by Crippen LogP contribution is -2.41. The molecule has 0 aliphatic carbocycles. The Hall–Kier alpha value is -1.40. The summed E-state index contributed by atoms with van der Waals surface area (Å²) in [4.78, 5) is 26.5. The molecule has 122 valence electrons. The van der Waals surface area contributed by atoms with Gasteiger partial charge in [0.05, 0.1) is 4.88 Å². The average molecular weight is 323 g/mol. The van der Waals surface area contributed by atoms with Crippen LogP contribution in [0.1, 0.15) is 35.9 Å². The zero-order chi connectivity index (χ0) is 15.8. The zero-order valence-electron chi connectivity index (χ0n) is 13.1. The van der Waals surface area contributed by atoms with Crippen molar-refractivity contribution in [2.24, 2.45) is 5.92 Å². The first kappa shape index (κ1) is 17.0. The molecule has 6 heteroatoms. The number of carbonyl (C=O) groups is 2. The van der Waals surface area contributed by atoms with Gasteiger partial charge in [-0.25, -0.2) is 0 Å². The molecule has 0 saturated carbocycles. The van der Waals surface area contributed by atoms with E-state index in [1.807, 2.05) is 16.3 Å². The third-order valence-electron chi connectivity index (χ3n) is 4.02. The molecule has 0 unspecified atom stereocenters. The molecule has 1 aliphatic rings. The largest absolute Gasteiger partial charge is 0.351 e. The topological polar surface area (TPSA) is 61.4 Å². The van der Waals surface area contributed by atoms with Crippen LogP contribution in [0.3, 0.4) is 0 Å². The van der Waals surface area contributed by atoms with Crippen LogP contribution < -0.4 is 10.6 Å². The van der Waals surface area contributed by atoms with Crippen molar-refractivity contribution in [1.29, 1.82) is 0 Å². The smallest absolute Gasteiger partial charge is 0.261 e. The Kier molecular flexibility index (Phi) is 6.86. The molecule has 0 radical (unpaired) electrons. The van der Waals surface area contributed by atoms with Crippen molar-refractivity contribution in [3.8, 4) is 0 Å². The second kappa shape index (κ2) is 8.90. The molecular weight excluding hydrogens is 298 g/mol. The first-order chi connectivity index (χ1) is 10.7. The molecule has 1 aromatic rings. The van der Waals surface area contributed by atoms with E-state index < -0.39 is 0 Å². The molecule has 2 rings (SSSR count). The highest BCUT2D eigenvalue weighted by atomic mass is 32.1. The Morgan fingerprint density at radius 2 is 2.14 bits per heavy atom. The van der Waals surface area contributed by atoms with Crippen molar-refractivity contribution in [3.63, 3.8) is 0 Å². The summed E-state index contributed by atoms with van der Waals surface area (Å²) >= 11 is 1.41. The van der Waals surface area contributed by atoms with Crippen molar-refractivity contribution >= 4 is 23.2 Å². The van der Waals surface area contributed by atoms with Crippen molar-refractivity contribution in [3.05, 3.63) is 22.4 Å². The highest BCUT2D eigenvalue weighted by Crippen LogP contribution is 2.17. The molecule has 5 nitrogen and oxygen atoms in total. The Labute approximate surface area is 136 Å². The van der Waals surface area contributed by atoms with E-state index in [9.17, 15) is 9.59 Å². The number of amides is 2. The van der Waals surface area contributed by atoms with Crippen LogP contribution in [0.2, 0.25) is 0 Å². The number of hydrogen-bond acceptors (Lipinski definition) is 4. The first-order valence-electron chi connectivity index (χ1n) is 8.01. The molecule has 1 aromatic heterocycles. The summed E-state index contributed by atoms with van der Waals surface area (Å²) in [7, 11) is 0. The van der Waals surface area contributed by atoms with E-state index in [-0.39, 0.29) is 11.8 Å². The Morgan fingerprint density at radius 1 is 1.36 bits per heavy atom. The van der Waals surface area contributed by atoms with Gasteiger partial charge in [0.25, 0.3) is 5.91 Å². The molecule has 0 spiro atoms. The second-order valence-electron chi connectivity index (χ2n) is 5.62. The summed E-state index contributed by atoms with van der Waals surface area (Å²) in [6.07, 6.45) is 2.52. The molecular formula is C16H25N3O2S. The van der Waals surface area contributed by atoms with Gasteiger partial charge in [-0.1, -0.05) is 13.0 Å². The summed E-state index contributed by atoms with van der Waals surface area (Å²) in [6.45, 7) is 6.26. The van der Waals surface area contributed by atoms with Crippen LogP contribution in [0.15, 0.2) is 17.5 Å².